The van der Waals surface area contributed by atoms with Gasteiger partial charge in [0.15, 0.2) is 0 Å². The molecule has 4 rings (SSSR count). The van der Waals surface area contributed by atoms with Crippen LogP contribution in [0.25, 0.3) is 0 Å². The molecule has 1 aromatic rings. The van der Waals surface area contributed by atoms with E-state index in [4.69, 9.17) is 11.6 Å². The van der Waals surface area contributed by atoms with Crippen LogP contribution in [0.15, 0.2) is 18.2 Å². The number of carbonyl (C=O) groups excluding carboxylic acids is 3. The zero-order chi connectivity index (χ0) is 23.9. The minimum absolute atomic E-state index is 0.0168. The Hall–Kier alpha value is -1.77. The summed E-state index contributed by atoms with van der Waals surface area (Å²) >= 11 is 8.02. The van der Waals surface area contributed by atoms with Gasteiger partial charge in [0.25, 0.3) is 0 Å². The van der Waals surface area contributed by atoms with Crippen LogP contribution in [0.2, 0.25) is 5.02 Å². The molecule has 3 unspecified atom stereocenters. The lowest BCUT2D eigenvalue weighted by Crippen LogP contribution is -2.55. The smallest absolute Gasteiger partial charge is 0.248 e. The van der Waals surface area contributed by atoms with Gasteiger partial charge in [-0.05, 0) is 43.7 Å². The van der Waals surface area contributed by atoms with Gasteiger partial charge in [0, 0.05) is 24.9 Å². The molecule has 3 aliphatic heterocycles. The molecule has 9 heteroatoms. The van der Waals surface area contributed by atoms with E-state index >= 15 is 0 Å². The van der Waals surface area contributed by atoms with Gasteiger partial charge in [0.2, 0.25) is 17.7 Å². The number of anilines is 1. The third-order valence-corrected chi connectivity index (χ3v) is 9.76. The summed E-state index contributed by atoms with van der Waals surface area (Å²) in [5.74, 6) is -1.42. The summed E-state index contributed by atoms with van der Waals surface area (Å²) in [7, 11) is 0. The van der Waals surface area contributed by atoms with Gasteiger partial charge in [0.1, 0.15) is 6.04 Å². The van der Waals surface area contributed by atoms with Crippen LogP contribution in [-0.2, 0) is 14.4 Å². The fourth-order valence-electron chi connectivity index (χ4n) is 5.95. The van der Waals surface area contributed by atoms with E-state index in [9.17, 15) is 19.5 Å². The van der Waals surface area contributed by atoms with Crippen molar-refractivity contribution in [3.63, 3.8) is 0 Å². The molecule has 180 valence electrons. The van der Waals surface area contributed by atoms with Gasteiger partial charge in [-0.15, -0.1) is 11.8 Å². The van der Waals surface area contributed by atoms with E-state index < -0.39 is 22.6 Å². The highest BCUT2D eigenvalue weighted by molar-refractivity contribution is 8.02. The first-order valence-electron chi connectivity index (χ1n) is 11.7. The number of aliphatic hydroxyl groups is 1. The van der Waals surface area contributed by atoms with E-state index in [-0.39, 0.29) is 42.0 Å². The third-order valence-electron chi connectivity index (χ3n) is 7.37. The number of benzene rings is 1. The SMILES string of the molecule is CCCNC(=O)[C@@H]1[C@@H]2CC(C)C3(S2)C(C(=O)Nc2c(C)cccc2Cl)N(CCCO)C(=O)[C@H]13. The normalized spacial score (nSPS) is 32.2. The monoisotopic (exact) mass is 493 g/mol. The number of aliphatic hydroxyl groups excluding tert-OH is 1. The van der Waals surface area contributed by atoms with Crippen molar-refractivity contribution in [2.24, 2.45) is 17.8 Å². The van der Waals surface area contributed by atoms with Gasteiger partial charge >= 0.3 is 0 Å². The largest absolute Gasteiger partial charge is 0.396 e. The first kappa shape index (κ1) is 24.4. The van der Waals surface area contributed by atoms with Gasteiger partial charge < -0.3 is 20.6 Å². The molecule has 1 spiro atoms. The molecule has 3 N–H and O–H groups in total. The summed E-state index contributed by atoms with van der Waals surface area (Å²) in [6.45, 7) is 6.72. The van der Waals surface area contributed by atoms with E-state index in [1.54, 1.807) is 22.7 Å². The van der Waals surface area contributed by atoms with Gasteiger partial charge in [-0.1, -0.05) is 37.6 Å². The number of carbonyl (C=O) groups is 3. The number of aryl methyl sites for hydroxylation is 1. The highest BCUT2D eigenvalue weighted by Crippen LogP contribution is 2.68. The molecule has 0 radical (unpaired) electrons. The molecule has 3 amide bonds. The van der Waals surface area contributed by atoms with Crippen LogP contribution in [0.4, 0.5) is 5.69 Å². The highest BCUT2D eigenvalue weighted by atomic mass is 35.5. The molecule has 3 aliphatic rings. The average molecular weight is 494 g/mol. The van der Waals surface area contributed by atoms with Crippen molar-refractivity contribution >= 4 is 46.8 Å². The molecule has 1 aromatic carbocycles. The Morgan fingerprint density at radius 3 is 2.76 bits per heavy atom. The lowest BCUT2D eigenvalue weighted by molar-refractivity contribution is -0.139. The molecule has 2 bridgehead atoms. The Bertz CT molecular complexity index is 939. The Morgan fingerprint density at radius 2 is 2.09 bits per heavy atom. The maximum Gasteiger partial charge on any atom is 0.248 e. The number of fused-ring (bicyclic) bond motifs is 1. The molecule has 0 aliphatic carbocycles. The number of halogens is 1. The van der Waals surface area contributed by atoms with Crippen molar-refractivity contribution in [2.45, 2.75) is 56.1 Å². The molecular formula is C24H32ClN3O4S. The second-order valence-electron chi connectivity index (χ2n) is 9.37. The van der Waals surface area contributed by atoms with E-state index in [1.165, 1.54) is 0 Å². The highest BCUT2D eigenvalue weighted by Gasteiger charge is 2.75. The van der Waals surface area contributed by atoms with Crippen molar-refractivity contribution in [1.82, 2.24) is 10.2 Å². The van der Waals surface area contributed by atoms with Gasteiger partial charge in [-0.25, -0.2) is 0 Å². The molecule has 7 nitrogen and oxygen atoms in total. The molecule has 3 saturated heterocycles. The number of para-hydroxylation sites is 1. The number of thioether (sulfide) groups is 1. The maximum absolute atomic E-state index is 13.8. The predicted molar refractivity (Wildman–Crippen MR) is 130 cm³/mol. The van der Waals surface area contributed by atoms with Gasteiger partial charge in [-0.2, -0.15) is 0 Å². The van der Waals surface area contributed by atoms with Crippen LogP contribution in [-0.4, -0.2) is 63.5 Å². The maximum atomic E-state index is 13.8. The van der Waals surface area contributed by atoms with Gasteiger partial charge in [-0.3, -0.25) is 14.4 Å². The standard InChI is InChI=1S/C24H32ClN3O4S/c1-4-9-26-21(30)17-16-12-14(3)24(33-16)18(17)23(32)28(10-6-11-29)20(24)22(31)27-19-13(2)7-5-8-15(19)25/h5,7-8,14,16-18,20,29H,4,6,9-12H2,1-3H3,(H,26,30)(H,27,31)/t14?,16-,17+,18-,20?,24?/m0/s1. The lowest BCUT2D eigenvalue weighted by atomic mass is 9.66. The number of amides is 3. The third kappa shape index (κ3) is 3.84. The van der Waals surface area contributed by atoms with E-state index in [0.29, 0.717) is 23.7 Å². The Balaban J connectivity index is 1.72. The van der Waals surface area contributed by atoms with E-state index in [2.05, 4.69) is 17.6 Å². The minimum atomic E-state index is -0.730. The van der Waals surface area contributed by atoms with E-state index in [0.717, 1.165) is 18.4 Å². The molecule has 0 aromatic heterocycles. The minimum Gasteiger partial charge on any atom is -0.396 e. The van der Waals surface area contributed by atoms with Crippen LogP contribution < -0.4 is 10.6 Å². The number of hydrogen-bond donors (Lipinski definition) is 3. The second kappa shape index (κ2) is 9.47. The molecule has 3 heterocycles. The fraction of sp³-hybridized carbons (Fsp3) is 0.625. The van der Waals surface area contributed by atoms with Gasteiger partial charge in [0.05, 0.1) is 27.3 Å². The number of rotatable bonds is 8. The van der Waals surface area contributed by atoms with Crippen LogP contribution in [0.3, 0.4) is 0 Å². The first-order valence-corrected chi connectivity index (χ1v) is 13.0. The van der Waals surface area contributed by atoms with Crippen molar-refractivity contribution in [3.05, 3.63) is 28.8 Å². The molecule has 3 fully saturated rings. The van der Waals surface area contributed by atoms with Crippen LogP contribution in [0.5, 0.6) is 0 Å². The summed E-state index contributed by atoms with van der Waals surface area (Å²) in [4.78, 5) is 42.3. The number of nitrogens with one attached hydrogen (secondary N) is 2. The molecule has 33 heavy (non-hydrogen) atoms. The van der Waals surface area contributed by atoms with Crippen LogP contribution in [0.1, 0.15) is 38.7 Å². The zero-order valence-corrected chi connectivity index (χ0v) is 20.8. The lowest BCUT2D eigenvalue weighted by Gasteiger charge is -2.38. The topological polar surface area (TPSA) is 98.7 Å². The van der Waals surface area contributed by atoms with Crippen molar-refractivity contribution in [3.8, 4) is 0 Å². The number of nitrogens with zero attached hydrogens (tertiary/aromatic N) is 1. The summed E-state index contributed by atoms with van der Waals surface area (Å²) in [5.41, 5.74) is 1.38. The number of likely N-dealkylation sites (tertiary alicyclic amines) is 1. The van der Waals surface area contributed by atoms with Crippen molar-refractivity contribution < 1.29 is 19.5 Å². The van der Waals surface area contributed by atoms with Crippen LogP contribution in [0, 0.1) is 24.7 Å². The quantitative estimate of drug-likeness (QED) is 0.517. The molecule has 6 atom stereocenters. The van der Waals surface area contributed by atoms with Crippen molar-refractivity contribution in [2.75, 3.05) is 25.0 Å². The summed E-state index contributed by atoms with van der Waals surface area (Å²) in [6.07, 6.45) is 1.99. The Kier molecular flexibility index (Phi) is 6.99. The van der Waals surface area contributed by atoms with Crippen molar-refractivity contribution in [1.29, 1.82) is 0 Å². The predicted octanol–water partition coefficient (Wildman–Crippen LogP) is 2.83. The Morgan fingerprint density at radius 1 is 1.33 bits per heavy atom. The average Bonchev–Trinajstić information content (AvgIpc) is 3.37. The molecular weight excluding hydrogens is 462 g/mol. The van der Waals surface area contributed by atoms with Crippen LogP contribution >= 0.6 is 23.4 Å². The van der Waals surface area contributed by atoms with E-state index in [1.807, 2.05) is 26.0 Å². The fourth-order valence-corrected chi connectivity index (χ4v) is 8.64. The number of hydrogen-bond acceptors (Lipinski definition) is 5. The summed E-state index contributed by atoms with van der Waals surface area (Å²) < 4.78 is -0.676. The first-order chi connectivity index (χ1) is 15.8. The second-order valence-corrected chi connectivity index (χ2v) is 11.3. The Labute approximate surface area is 204 Å². The molecule has 0 saturated carbocycles. The summed E-state index contributed by atoms with van der Waals surface area (Å²) in [6, 6.07) is 4.69. The summed E-state index contributed by atoms with van der Waals surface area (Å²) in [5, 5.41) is 15.9. The zero-order valence-electron chi connectivity index (χ0n) is 19.3.